The minimum absolute atomic E-state index is 0.132. The van der Waals surface area contributed by atoms with Crippen molar-refractivity contribution in [2.24, 2.45) is 11.7 Å². The molecule has 2 N–H and O–H groups in total. The van der Waals surface area contributed by atoms with E-state index in [0.29, 0.717) is 36.6 Å². The molecule has 2 heterocycles. The lowest BCUT2D eigenvalue weighted by Gasteiger charge is -2.38. The topological polar surface area (TPSA) is 98.4 Å². The van der Waals surface area contributed by atoms with Crippen molar-refractivity contribution in [1.82, 2.24) is 14.9 Å². The van der Waals surface area contributed by atoms with Crippen molar-refractivity contribution in [3.63, 3.8) is 0 Å². The Morgan fingerprint density at radius 2 is 2.14 bits per heavy atom. The fourth-order valence-corrected chi connectivity index (χ4v) is 3.86. The molecule has 0 unspecified atom stereocenters. The van der Waals surface area contributed by atoms with Crippen molar-refractivity contribution >= 4 is 27.7 Å². The molecule has 2 atom stereocenters. The molecule has 28 heavy (non-hydrogen) atoms. The van der Waals surface area contributed by atoms with E-state index in [9.17, 15) is 9.59 Å². The summed E-state index contributed by atoms with van der Waals surface area (Å²) in [6.07, 6.45) is 2.14. The number of nitrogens with two attached hydrogens (primary N) is 1. The van der Waals surface area contributed by atoms with Gasteiger partial charge in [0.15, 0.2) is 0 Å². The second-order valence-corrected chi connectivity index (χ2v) is 7.92. The van der Waals surface area contributed by atoms with Crippen LogP contribution in [0.3, 0.4) is 0 Å². The summed E-state index contributed by atoms with van der Waals surface area (Å²) in [5.74, 6) is 0.629. The number of primary amides is 1. The van der Waals surface area contributed by atoms with Crippen LogP contribution >= 0.6 is 15.9 Å². The zero-order chi connectivity index (χ0) is 20.3. The average Bonchev–Trinajstić information content (AvgIpc) is 2.62. The smallest absolute Gasteiger partial charge is 0.257 e. The van der Waals surface area contributed by atoms with Gasteiger partial charge in [0.05, 0.1) is 11.3 Å². The van der Waals surface area contributed by atoms with Gasteiger partial charge in [0.2, 0.25) is 5.91 Å². The minimum atomic E-state index is -0.406. The lowest BCUT2D eigenvalue weighted by molar-refractivity contribution is -0.120. The SMILES string of the molecule is Cc1ncc(C(=O)N2CC[C@H](Oc3cccc(Br)c3)[C@@H](CC(N)=O)C2)c(C)n1. The van der Waals surface area contributed by atoms with Crippen LogP contribution in [0.15, 0.2) is 34.9 Å². The summed E-state index contributed by atoms with van der Waals surface area (Å²) in [7, 11) is 0. The second kappa shape index (κ2) is 8.68. The molecule has 8 heteroatoms. The van der Waals surface area contributed by atoms with E-state index >= 15 is 0 Å². The highest BCUT2D eigenvalue weighted by molar-refractivity contribution is 9.10. The van der Waals surface area contributed by atoms with Gasteiger partial charge >= 0.3 is 0 Å². The molecule has 1 saturated heterocycles. The Morgan fingerprint density at radius 1 is 1.36 bits per heavy atom. The van der Waals surface area contributed by atoms with Gasteiger partial charge in [-0.2, -0.15) is 0 Å². The van der Waals surface area contributed by atoms with Crippen LogP contribution in [0.25, 0.3) is 0 Å². The van der Waals surface area contributed by atoms with Gasteiger partial charge in [-0.3, -0.25) is 9.59 Å². The van der Waals surface area contributed by atoms with Crippen LogP contribution in [0.2, 0.25) is 0 Å². The van der Waals surface area contributed by atoms with Crippen molar-refractivity contribution in [2.45, 2.75) is 32.8 Å². The zero-order valence-electron chi connectivity index (χ0n) is 15.9. The van der Waals surface area contributed by atoms with Crippen molar-refractivity contribution in [1.29, 1.82) is 0 Å². The Balaban J connectivity index is 1.76. The summed E-state index contributed by atoms with van der Waals surface area (Å²) in [5.41, 5.74) is 6.58. The van der Waals surface area contributed by atoms with Gasteiger partial charge in [0.25, 0.3) is 5.91 Å². The Hall–Kier alpha value is -2.48. The number of aromatic nitrogens is 2. The number of likely N-dealkylation sites (tertiary alicyclic amines) is 1. The Kier molecular flexibility index (Phi) is 6.28. The van der Waals surface area contributed by atoms with E-state index in [0.717, 1.165) is 10.2 Å². The largest absolute Gasteiger partial charge is 0.490 e. The van der Waals surface area contributed by atoms with E-state index in [-0.39, 0.29) is 24.3 Å². The Labute approximate surface area is 172 Å². The quantitative estimate of drug-likeness (QED) is 0.760. The lowest BCUT2D eigenvalue weighted by Crippen LogP contribution is -2.49. The number of hydrogen-bond donors (Lipinski definition) is 1. The fourth-order valence-electron chi connectivity index (χ4n) is 3.48. The summed E-state index contributed by atoms with van der Waals surface area (Å²) in [6, 6.07) is 7.56. The number of carbonyl (C=O) groups is 2. The predicted molar refractivity (Wildman–Crippen MR) is 108 cm³/mol. The number of nitrogens with zero attached hydrogens (tertiary/aromatic N) is 3. The summed E-state index contributed by atoms with van der Waals surface area (Å²) in [5, 5.41) is 0. The molecule has 2 amide bonds. The summed E-state index contributed by atoms with van der Waals surface area (Å²) in [6.45, 7) is 4.51. The third kappa shape index (κ3) is 4.86. The maximum atomic E-state index is 13.0. The van der Waals surface area contributed by atoms with Crippen LogP contribution in [-0.2, 0) is 4.79 Å². The van der Waals surface area contributed by atoms with Gasteiger partial charge in [-0.1, -0.05) is 22.0 Å². The molecule has 7 nitrogen and oxygen atoms in total. The van der Waals surface area contributed by atoms with Crippen molar-refractivity contribution < 1.29 is 14.3 Å². The third-order valence-electron chi connectivity index (χ3n) is 4.83. The fraction of sp³-hybridized carbons (Fsp3) is 0.400. The number of amides is 2. The van der Waals surface area contributed by atoms with E-state index in [4.69, 9.17) is 10.5 Å². The first kappa shape index (κ1) is 20.3. The molecule has 1 fully saturated rings. The summed E-state index contributed by atoms with van der Waals surface area (Å²) >= 11 is 3.43. The van der Waals surface area contributed by atoms with Gasteiger partial charge in [-0.25, -0.2) is 9.97 Å². The predicted octanol–water partition coefficient (Wildman–Crippen LogP) is 2.64. The van der Waals surface area contributed by atoms with Gasteiger partial charge in [-0.15, -0.1) is 0 Å². The van der Waals surface area contributed by atoms with Gasteiger partial charge < -0.3 is 15.4 Å². The molecule has 2 aromatic rings. The zero-order valence-corrected chi connectivity index (χ0v) is 17.5. The second-order valence-electron chi connectivity index (χ2n) is 7.00. The van der Waals surface area contributed by atoms with Crippen LogP contribution in [0.1, 0.15) is 34.7 Å². The van der Waals surface area contributed by atoms with Gasteiger partial charge in [-0.05, 0) is 32.0 Å². The highest BCUT2D eigenvalue weighted by atomic mass is 79.9. The van der Waals surface area contributed by atoms with Gasteiger partial charge in [0, 0.05) is 42.5 Å². The van der Waals surface area contributed by atoms with E-state index in [1.54, 1.807) is 24.9 Å². The minimum Gasteiger partial charge on any atom is -0.490 e. The first-order chi connectivity index (χ1) is 13.3. The lowest BCUT2D eigenvalue weighted by atomic mass is 9.90. The van der Waals surface area contributed by atoms with Crippen molar-refractivity contribution in [3.8, 4) is 5.75 Å². The number of piperidine rings is 1. The molecule has 3 rings (SSSR count). The molecule has 0 bridgehead atoms. The highest BCUT2D eigenvalue weighted by Gasteiger charge is 2.34. The number of rotatable bonds is 5. The Morgan fingerprint density at radius 3 is 2.82 bits per heavy atom. The molecule has 0 saturated carbocycles. The number of carbonyl (C=O) groups excluding carboxylic acids is 2. The average molecular weight is 447 g/mol. The summed E-state index contributed by atoms with van der Waals surface area (Å²) in [4.78, 5) is 34.7. The van der Waals surface area contributed by atoms with E-state index < -0.39 is 5.91 Å². The monoisotopic (exact) mass is 446 g/mol. The van der Waals surface area contributed by atoms with E-state index in [2.05, 4.69) is 25.9 Å². The van der Waals surface area contributed by atoms with Crippen LogP contribution in [0, 0.1) is 19.8 Å². The number of hydrogen-bond acceptors (Lipinski definition) is 5. The molecule has 0 spiro atoms. The third-order valence-corrected chi connectivity index (χ3v) is 5.32. The highest BCUT2D eigenvalue weighted by Crippen LogP contribution is 2.28. The van der Waals surface area contributed by atoms with Crippen LogP contribution < -0.4 is 10.5 Å². The number of ether oxygens (including phenoxy) is 1. The molecule has 148 valence electrons. The maximum absolute atomic E-state index is 13.0. The standard InChI is InChI=1S/C20H23BrN4O3/c1-12-17(10-23-13(2)24-12)20(27)25-7-6-18(14(11-25)8-19(22)26)28-16-5-3-4-15(21)9-16/h3-5,9-10,14,18H,6-8,11H2,1-2H3,(H2,22,26)/t14-,18-/m0/s1. The molecular formula is C20H23BrN4O3. The molecule has 1 aromatic heterocycles. The molecule has 0 radical (unpaired) electrons. The molecule has 1 aliphatic heterocycles. The number of aryl methyl sites for hydroxylation is 2. The molecular weight excluding hydrogens is 424 g/mol. The van der Waals surface area contributed by atoms with Crippen LogP contribution in [0.5, 0.6) is 5.75 Å². The van der Waals surface area contributed by atoms with Crippen LogP contribution in [0.4, 0.5) is 0 Å². The first-order valence-corrected chi connectivity index (χ1v) is 9.93. The van der Waals surface area contributed by atoms with E-state index in [1.807, 2.05) is 24.3 Å². The first-order valence-electron chi connectivity index (χ1n) is 9.13. The summed E-state index contributed by atoms with van der Waals surface area (Å²) < 4.78 is 7.04. The van der Waals surface area contributed by atoms with Crippen molar-refractivity contribution in [3.05, 3.63) is 52.0 Å². The normalized spacial score (nSPS) is 19.3. The number of halogens is 1. The molecule has 0 aliphatic carbocycles. The van der Waals surface area contributed by atoms with Crippen LogP contribution in [-0.4, -0.2) is 45.9 Å². The maximum Gasteiger partial charge on any atom is 0.257 e. The molecule has 1 aromatic carbocycles. The number of benzene rings is 1. The molecule has 1 aliphatic rings. The van der Waals surface area contributed by atoms with Crippen molar-refractivity contribution in [2.75, 3.05) is 13.1 Å². The Bertz CT molecular complexity index is 890. The van der Waals surface area contributed by atoms with E-state index in [1.165, 1.54) is 0 Å². The van der Waals surface area contributed by atoms with Gasteiger partial charge in [0.1, 0.15) is 17.7 Å².